The molecule has 3 fully saturated rings. The second kappa shape index (κ2) is 7.90. The summed E-state index contributed by atoms with van der Waals surface area (Å²) in [6.45, 7) is 2.31. The maximum Gasteiger partial charge on any atom is 0.227 e. The number of amides is 2. The zero-order valence-corrected chi connectivity index (χ0v) is 17.5. The Bertz CT molecular complexity index is 909. The molecule has 2 aromatic rings. The summed E-state index contributed by atoms with van der Waals surface area (Å²) in [5.41, 5.74) is 2.21. The summed E-state index contributed by atoms with van der Waals surface area (Å²) in [6.07, 6.45) is 5.24. The quantitative estimate of drug-likeness (QED) is 0.763. The minimum Gasteiger partial charge on any atom is -0.340 e. The van der Waals surface area contributed by atoms with Gasteiger partial charge in [0.05, 0.1) is 12.5 Å². The van der Waals surface area contributed by atoms with E-state index in [0.29, 0.717) is 25.3 Å². The molecular formula is C26H30N2O2. The average Bonchev–Trinajstić information content (AvgIpc) is 3.54. The van der Waals surface area contributed by atoms with Gasteiger partial charge in [-0.15, -0.1) is 0 Å². The molecule has 2 saturated heterocycles. The van der Waals surface area contributed by atoms with Crippen molar-refractivity contribution < 1.29 is 9.59 Å². The Morgan fingerprint density at radius 2 is 1.67 bits per heavy atom. The van der Waals surface area contributed by atoms with Gasteiger partial charge >= 0.3 is 0 Å². The normalized spacial score (nSPS) is 26.4. The second-order valence-electron chi connectivity index (χ2n) is 9.28. The van der Waals surface area contributed by atoms with Crippen molar-refractivity contribution in [2.24, 2.45) is 5.92 Å². The van der Waals surface area contributed by atoms with E-state index in [4.69, 9.17) is 0 Å². The number of benzene rings is 2. The number of hydrogen-bond acceptors (Lipinski definition) is 2. The van der Waals surface area contributed by atoms with Crippen LogP contribution in [0.25, 0.3) is 0 Å². The highest BCUT2D eigenvalue weighted by molar-refractivity contribution is 5.81. The predicted octanol–water partition coefficient (Wildman–Crippen LogP) is 3.80. The van der Waals surface area contributed by atoms with Crippen molar-refractivity contribution in [1.82, 2.24) is 9.80 Å². The van der Waals surface area contributed by atoms with Gasteiger partial charge in [-0.3, -0.25) is 9.59 Å². The highest BCUT2D eigenvalue weighted by atomic mass is 16.2. The van der Waals surface area contributed by atoms with Crippen molar-refractivity contribution in [2.75, 3.05) is 19.6 Å². The third kappa shape index (κ3) is 3.64. The van der Waals surface area contributed by atoms with E-state index in [9.17, 15) is 9.59 Å². The lowest BCUT2D eigenvalue weighted by atomic mass is 9.71. The summed E-state index contributed by atoms with van der Waals surface area (Å²) in [6, 6.07) is 20.7. The smallest absolute Gasteiger partial charge is 0.227 e. The third-order valence-corrected chi connectivity index (χ3v) is 7.39. The predicted molar refractivity (Wildman–Crippen MR) is 117 cm³/mol. The minimum atomic E-state index is -0.123. The molecule has 0 N–H and O–H groups in total. The summed E-state index contributed by atoms with van der Waals surface area (Å²) in [7, 11) is 0. The Morgan fingerprint density at radius 1 is 0.967 bits per heavy atom. The maximum atomic E-state index is 13.4. The first-order valence-electron chi connectivity index (χ1n) is 11.3. The molecule has 3 aliphatic rings. The minimum absolute atomic E-state index is 0.0568. The number of carbonyl (C=O) groups is 2. The number of hydrogen-bond donors (Lipinski definition) is 0. The van der Waals surface area contributed by atoms with Crippen LogP contribution in [0.1, 0.15) is 43.2 Å². The Balaban J connectivity index is 1.47. The fourth-order valence-corrected chi connectivity index (χ4v) is 5.51. The summed E-state index contributed by atoms with van der Waals surface area (Å²) < 4.78 is 0. The first-order chi connectivity index (χ1) is 14.7. The largest absolute Gasteiger partial charge is 0.340 e. The molecule has 2 atom stereocenters. The van der Waals surface area contributed by atoms with Gasteiger partial charge in [-0.25, -0.2) is 0 Å². The van der Waals surface area contributed by atoms with E-state index in [0.717, 1.165) is 31.5 Å². The molecule has 0 radical (unpaired) electrons. The number of carbonyl (C=O) groups excluding carboxylic acids is 2. The molecule has 4 heteroatoms. The van der Waals surface area contributed by atoms with Crippen LogP contribution < -0.4 is 0 Å². The van der Waals surface area contributed by atoms with E-state index < -0.39 is 0 Å². The molecule has 0 bridgehead atoms. The summed E-state index contributed by atoms with van der Waals surface area (Å²) in [5, 5.41) is 0. The van der Waals surface area contributed by atoms with Crippen LogP contribution in [0.2, 0.25) is 0 Å². The van der Waals surface area contributed by atoms with Crippen LogP contribution in [-0.2, 0) is 21.4 Å². The van der Waals surface area contributed by atoms with Gasteiger partial charge in [0.15, 0.2) is 0 Å². The van der Waals surface area contributed by atoms with Gasteiger partial charge < -0.3 is 9.80 Å². The fraction of sp³-hybridized carbons (Fsp3) is 0.462. The van der Waals surface area contributed by atoms with E-state index in [1.807, 2.05) is 36.4 Å². The summed E-state index contributed by atoms with van der Waals surface area (Å²) in [5.74, 6) is 1.11. The van der Waals surface area contributed by atoms with E-state index in [2.05, 4.69) is 34.1 Å². The van der Waals surface area contributed by atoms with Crippen molar-refractivity contribution in [1.29, 1.82) is 0 Å². The zero-order chi connectivity index (χ0) is 20.6. The molecular weight excluding hydrogens is 372 g/mol. The lowest BCUT2D eigenvalue weighted by molar-refractivity contribution is -0.135. The molecule has 5 rings (SSSR count). The van der Waals surface area contributed by atoms with Crippen molar-refractivity contribution in [3.05, 3.63) is 71.8 Å². The lowest BCUT2D eigenvalue weighted by Gasteiger charge is -2.38. The molecule has 0 unspecified atom stereocenters. The van der Waals surface area contributed by atoms with E-state index in [-0.39, 0.29) is 23.3 Å². The molecule has 1 saturated carbocycles. The Labute approximate surface area is 178 Å². The summed E-state index contributed by atoms with van der Waals surface area (Å²) in [4.78, 5) is 30.5. The van der Waals surface area contributed by atoms with Crippen LogP contribution in [0.3, 0.4) is 0 Å². The van der Waals surface area contributed by atoms with Crippen molar-refractivity contribution >= 4 is 11.8 Å². The van der Waals surface area contributed by atoms with Gasteiger partial charge in [0.25, 0.3) is 0 Å². The average molecular weight is 403 g/mol. The van der Waals surface area contributed by atoms with Crippen LogP contribution in [0.4, 0.5) is 0 Å². The fourth-order valence-electron chi connectivity index (χ4n) is 5.51. The molecule has 4 nitrogen and oxygen atoms in total. The second-order valence-corrected chi connectivity index (χ2v) is 9.28. The van der Waals surface area contributed by atoms with Crippen LogP contribution in [0.15, 0.2) is 60.7 Å². The molecule has 0 spiro atoms. The highest BCUT2D eigenvalue weighted by Crippen LogP contribution is 2.46. The lowest BCUT2D eigenvalue weighted by Crippen LogP contribution is -2.51. The topological polar surface area (TPSA) is 40.6 Å². The molecule has 0 aromatic heterocycles. The molecule has 1 aliphatic carbocycles. The Kier molecular flexibility index (Phi) is 5.10. The van der Waals surface area contributed by atoms with Crippen LogP contribution in [-0.4, -0.2) is 47.3 Å². The number of fused-ring (bicyclic) bond motifs is 1. The Morgan fingerprint density at radius 3 is 2.37 bits per heavy atom. The van der Waals surface area contributed by atoms with Gasteiger partial charge in [-0.05, 0) is 42.7 Å². The van der Waals surface area contributed by atoms with Gasteiger partial charge in [-0.1, -0.05) is 60.7 Å². The molecule has 2 amide bonds. The summed E-state index contributed by atoms with van der Waals surface area (Å²) >= 11 is 0. The van der Waals surface area contributed by atoms with Crippen LogP contribution >= 0.6 is 0 Å². The van der Waals surface area contributed by atoms with Crippen molar-refractivity contribution in [2.45, 2.75) is 50.0 Å². The van der Waals surface area contributed by atoms with Gasteiger partial charge in [0.2, 0.25) is 11.8 Å². The third-order valence-electron chi connectivity index (χ3n) is 7.39. The zero-order valence-electron chi connectivity index (χ0n) is 17.5. The van der Waals surface area contributed by atoms with E-state index >= 15 is 0 Å². The standard InChI is InChI=1S/C26H30N2O2/c29-24-13-14-26(22-9-5-2-6-10-22)15-16-28(23(26)19-27(24)18-21-11-12-21)25(30)17-20-7-3-1-4-8-20/h1-10,21,23H,11-19H2/t23-,26-/m1/s1. The van der Waals surface area contributed by atoms with Crippen molar-refractivity contribution in [3.8, 4) is 0 Å². The molecule has 156 valence electrons. The van der Waals surface area contributed by atoms with Crippen LogP contribution in [0, 0.1) is 5.92 Å². The highest BCUT2D eigenvalue weighted by Gasteiger charge is 2.52. The first kappa shape index (κ1) is 19.3. The van der Waals surface area contributed by atoms with E-state index in [1.54, 1.807) is 0 Å². The maximum absolute atomic E-state index is 13.4. The van der Waals surface area contributed by atoms with Crippen molar-refractivity contribution in [3.63, 3.8) is 0 Å². The van der Waals surface area contributed by atoms with Gasteiger partial charge in [0.1, 0.15) is 0 Å². The molecule has 2 aliphatic heterocycles. The van der Waals surface area contributed by atoms with Gasteiger partial charge in [-0.2, -0.15) is 0 Å². The molecule has 30 heavy (non-hydrogen) atoms. The Hall–Kier alpha value is -2.62. The molecule has 2 heterocycles. The number of rotatable bonds is 5. The first-order valence-corrected chi connectivity index (χ1v) is 11.3. The number of likely N-dealkylation sites (tertiary alicyclic amines) is 2. The molecule has 2 aromatic carbocycles. The monoisotopic (exact) mass is 402 g/mol. The number of nitrogens with zero attached hydrogens (tertiary/aromatic N) is 2. The van der Waals surface area contributed by atoms with Gasteiger partial charge in [0, 0.05) is 31.5 Å². The van der Waals surface area contributed by atoms with Crippen LogP contribution in [0.5, 0.6) is 0 Å². The SMILES string of the molecule is O=C1CC[C@]2(c3ccccc3)CCN(C(=O)Cc3ccccc3)[C@@H]2CN1CC1CC1. The van der Waals surface area contributed by atoms with E-state index in [1.165, 1.54) is 18.4 Å².